The van der Waals surface area contributed by atoms with E-state index in [0.29, 0.717) is 6.61 Å². The number of fused-ring (bicyclic) bond motifs is 1. The number of rotatable bonds is 6. The third kappa shape index (κ3) is 3.22. The Balaban J connectivity index is 2.03. The highest BCUT2D eigenvalue weighted by molar-refractivity contribution is 5.83. The van der Waals surface area contributed by atoms with E-state index in [-0.39, 0.29) is 12.6 Å². The summed E-state index contributed by atoms with van der Waals surface area (Å²) in [5, 5.41) is 14.7. The molecule has 0 aliphatic heterocycles. The van der Waals surface area contributed by atoms with Crippen molar-refractivity contribution in [2.45, 2.75) is 13.0 Å². The lowest BCUT2D eigenvalue weighted by atomic mass is 10.1. The highest BCUT2D eigenvalue weighted by atomic mass is 16.5. The summed E-state index contributed by atoms with van der Waals surface area (Å²) in [5.41, 5.74) is 0. The Labute approximate surface area is 107 Å². The van der Waals surface area contributed by atoms with E-state index >= 15 is 0 Å². The molecule has 3 nitrogen and oxygen atoms in total. The first-order valence-electron chi connectivity index (χ1n) is 6.29. The Morgan fingerprint density at radius 3 is 2.67 bits per heavy atom. The number of aliphatic hydroxyl groups excluding tert-OH is 1. The second-order valence-corrected chi connectivity index (χ2v) is 4.26. The first-order valence-corrected chi connectivity index (χ1v) is 6.29. The number of benzene rings is 2. The Hall–Kier alpha value is -1.58. The molecule has 0 amide bonds. The summed E-state index contributed by atoms with van der Waals surface area (Å²) in [5.74, 6) is 0.838. The molecule has 0 spiro atoms. The molecule has 0 bridgehead atoms. The quantitative estimate of drug-likeness (QED) is 0.819. The minimum Gasteiger partial charge on any atom is -0.492 e. The van der Waals surface area contributed by atoms with Crippen LogP contribution in [0.2, 0.25) is 0 Å². The fourth-order valence-corrected chi connectivity index (χ4v) is 1.92. The SMILES string of the molecule is CCNC(CO)COc1ccc2ccccc2c1. The van der Waals surface area contributed by atoms with Gasteiger partial charge in [0, 0.05) is 0 Å². The van der Waals surface area contributed by atoms with E-state index in [4.69, 9.17) is 9.84 Å². The van der Waals surface area contributed by atoms with E-state index < -0.39 is 0 Å². The van der Waals surface area contributed by atoms with Crippen molar-refractivity contribution in [2.75, 3.05) is 19.8 Å². The highest BCUT2D eigenvalue weighted by Gasteiger charge is 2.06. The molecular formula is C15H19NO2. The van der Waals surface area contributed by atoms with Gasteiger partial charge in [-0.25, -0.2) is 0 Å². The topological polar surface area (TPSA) is 41.5 Å². The lowest BCUT2D eigenvalue weighted by Crippen LogP contribution is -2.37. The van der Waals surface area contributed by atoms with Crippen LogP contribution in [0.1, 0.15) is 6.92 Å². The van der Waals surface area contributed by atoms with E-state index in [1.54, 1.807) is 0 Å². The van der Waals surface area contributed by atoms with Gasteiger partial charge in [0.05, 0.1) is 12.6 Å². The molecule has 2 aromatic rings. The molecule has 0 aromatic heterocycles. The predicted molar refractivity (Wildman–Crippen MR) is 74.0 cm³/mol. The fourth-order valence-electron chi connectivity index (χ4n) is 1.92. The first-order chi connectivity index (χ1) is 8.83. The van der Waals surface area contributed by atoms with Gasteiger partial charge in [-0.15, -0.1) is 0 Å². The fraction of sp³-hybridized carbons (Fsp3) is 0.333. The van der Waals surface area contributed by atoms with Gasteiger partial charge in [0.2, 0.25) is 0 Å². The van der Waals surface area contributed by atoms with E-state index in [0.717, 1.165) is 12.3 Å². The average molecular weight is 245 g/mol. The van der Waals surface area contributed by atoms with Crippen LogP contribution in [0.15, 0.2) is 42.5 Å². The van der Waals surface area contributed by atoms with Gasteiger partial charge in [-0.1, -0.05) is 37.3 Å². The minimum atomic E-state index is -0.0125. The summed E-state index contributed by atoms with van der Waals surface area (Å²) in [4.78, 5) is 0. The van der Waals surface area contributed by atoms with Crippen molar-refractivity contribution in [1.82, 2.24) is 5.32 Å². The predicted octanol–water partition coefficient (Wildman–Crippen LogP) is 2.19. The summed E-state index contributed by atoms with van der Waals surface area (Å²) < 4.78 is 5.70. The molecule has 0 radical (unpaired) electrons. The zero-order valence-electron chi connectivity index (χ0n) is 10.6. The monoisotopic (exact) mass is 245 g/mol. The molecule has 18 heavy (non-hydrogen) atoms. The molecule has 2 aromatic carbocycles. The largest absolute Gasteiger partial charge is 0.492 e. The van der Waals surface area contributed by atoms with Gasteiger partial charge in [0.15, 0.2) is 0 Å². The van der Waals surface area contributed by atoms with Crippen molar-refractivity contribution in [1.29, 1.82) is 0 Å². The lowest BCUT2D eigenvalue weighted by molar-refractivity contribution is 0.185. The van der Waals surface area contributed by atoms with Crippen LogP contribution in [0.4, 0.5) is 0 Å². The average Bonchev–Trinajstić information content (AvgIpc) is 2.43. The van der Waals surface area contributed by atoms with E-state index in [2.05, 4.69) is 17.4 Å². The van der Waals surface area contributed by atoms with Crippen molar-refractivity contribution in [3.63, 3.8) is 0 Å². The van der Waals surface area contributed by atoms with Gasteiger partial charge >= 0.3 is 0 Å². The van der Waals surface area contributed by atoms with Crippen molar-refractivity contribution >= 4 is 10.8 Å². The van der Waals surface area contributed by atoms with Crippen LogP contribution in [0.3, 0.4) is 0 Å². The van der Waals surface area contributed by atoms with Crippen LogP contribution >= 0.6 is 0 Å². The number of likely N-dealkylation sites (N-methyl/N-ethyl adjacent to an activating group) is 1. The Bertz CT molecular complexity index is 499. The molecule has 0 saturated carbocycles. The summed E-state index contributed by atoms with van der Waals surface area (Å²) in [7, 11) is 0. The number of nitrogens with one attached hydrogen (secondary N) is 1. The molecule has 0 fully saturated rings. The van der Waals surface area contributed by atoms with Crippen molar-refractivity contribution < 1.29 is 9.84 Å². The maximum atomic E-state index is 9.16. The molecule has 1 unspecified atom stereocenters. The number of hydrogen-bond donors (Lipinski definition) is 2. The Morgan fingerprint density at radius 1 is 1.17 bits per heavy atom. The number of aliphatic hydroxyl groups is 1. The minimum absolute atomic E-state index is 0.0125. The second-order valence-electron chi connectivity index (χ2n) is 4.26. The number of hydrogen-bond acceptors (Lipinski definition) is 3. The molecule has 3 heteroatoms. The highest BCUT2D eigenvalue weighted by Crippen LogP contribution is 2.20. The zero-order chi connectivity index (χ0) is 12.8. The molecular weight excluding hydrogens is 226 g/mol. The molecule has 96 valence electrons. The van der Waals surface area contributed by atoms with Crippen LogP contribution in [0.25, 0.3) is 10.8 Å². The molecule has 2 N–H and O–H groups in total. The van der Waals surface area contributed by atoms with Crippen LogP contribution < -0.4 is 10.1 Å². The Kier molecular flexibility index (Phi) is 4.56. The van der Waals surface area contributed by atoms with E-state index in [1.807, 2.05) is 37.3 Å². The van der Waals surface area contributed by atoms with Gasteiger partial charge in [-0.05, 0) is 29.4 Å². The van der Waals surface area contributed by atoms with Crippen LogP contribution in [0.5, 0.6) is 5.75 Å². The third-order valence-electron chi connectivity index (χ3n) is 2.89. The normalized spacial score (nSPS) is 12.6. The molecule has 0 aliphatic carbocycles. The number of ether oxygens (including phenoxy) is 1. The van der Waals surface area contributed by atoms with Gasteiger partial charge < -0.3 is 15.2 Å². The van der Waals surface area contributed by atoms with Crippen LogP contribution in [0, 0.1) is 0 Å². The first kappa shape index (κ1) is 12.9. The van der Waals surface area contributed by atoms with Crippen molar-refractivity contribution in [2.24, 2.45) is 0 Å². The smallest absolute Gasteiger partial charge is 0.120 e. The zero-order valence-corrected chi connectivity index (χ0v) is 10.6. The summed E-state index contributed by atoms with van der Waals surface area (Å²) in [6.07, 6.45) is 0. The van der Waals surface area contributed by atoms with Gasteiger partial charge in [0.1, 0.15) is 12.4 Å². The lowest BCUT2D eigenvalue weighted by Gasteiger charge is -2.16. The summed E-state index contributed by atoms with van der Waals surface area (Å²) in [6, 6.07) is 14.2. The van der Waals surface area contributed by atoms with E-state index in [9.17, 15) is 0 Å². The van der Waals surface area contributed by atoms with Crippen molar-refractivity contribution in [3.8, 4) is 5.75 Å². The molecule has 2 rings (SSSR count). The van der Waals surface area contributed by atoms with Gasteiger partial charge in [-0.2, -0.15) is 0 Å². The second kappa shape index (κ2) is 6.38. The summed E-state index contributed by atoms with van der Waals surface area (Å²) in [6.45, 7) is 3.40. The maximum absolute atomic E-state index is 9.16. The summed E-state index contributed by atoms with van der Waals surface area (Å²) >= 11 is 0. The Morgan fingerprint density at radius 2 is 1.94 bits per heavy atom. The van der Waals surface area contributed by atoms with E-state index in [1.165, 1.54) is 10.8 Å². The van der Waals surface area contributed by atoms with Gasteiger partial charge in [0.25, 0.3) is 0 Å². The molecule has 0 aliphatic rings. The third-order valence-corrected chi connectivity index (χ3v) is 2.89. The maximum Gasteiger partial charge on any atom is 0.120 e. The molecule has 1 atom stereocenters. The van der Waals surface area contributed by atoms with Crippen LogP contribution in [-0.4, -0.2) is 30.9 Å². The van der Waals surface area contributed by atoms with Crippen molar-refractivity contribution in [3.05, 3.63) is 42.5 Å². The van der Waals surface area contributed by atoms with Crippen LogP contribution in [-0.2, 0) is 0 Å². The van der Waals surface area contributed by atoms with Gasteiger partial charge in [-0.3, -0.25) is 0 Å². The standard InChI is InChI=1S/C15H19NO2/c1-2-16-14(10-17)11-18-15-8-7-12-5-3-4-6-13(12)9-15/h3-9,14,16-17H,2,10-11H2,1H3. The molecule has 0 heterocycles. The molecule has 0 saturated heterocycles.